The van der Waals surface area contributed by atoms with E-state index in [9.17, 15) is 4.79 Å². The molecule has 0 fully saturated rings. The van der Waals surface area contributed by atoms with E-state index in [0.29, 0.717) is 12.2 Å². The number of carboxylic acid groups (broad SMARTS) is 1. The van der Waals surface area contributed by atoms with Crippen molar-refractivity contribution in [3.8, 4) is 17.7 Å². The summed E-state index contributed by atoms with van der Waals surface area (Å²) in [4.78, 5) is 14.9. The first-order valence-corrected chi connectivity index (χ1v) is 6.01. The van der Waals surface area contributed by atoms with Crippen molar-refractivity contribution >= 4 is 17.6 Å². The lowest BCUT2D eigenvalue weighted by atomic mass is 10.2. The first kappa shape index (κ1) is 13.8. The van der Waals surface area contributed by atoms with Gasteiger partial charge in [-0.15, -0.1) is 0 Å². The lowest BCUT2D eigenvalue weighted by molar-refractivity contribution is 0.0693. The van der Waals surface area contributed by atoms with Crippen LogP contribution in [0.25, 0.3) is 0 Å². The van der Waals surface area contributed by atoms with E-state index in [1.54, 1.807) is 24.3 Å². The van der Waals surface area contributed by atoms with Gasteiger partial charge >= 0.3 is 5.97 Å². The Bertz CT molecular complexity index is 678. The number of hydrogen-bond donors (Lipinski definition) is 1. The lowest BCUT2D eigenvalue weighted by Crippen LogP contribution is -2.02. The molecule has 1 N–H and O–H groups in total. The molecule has 20 heavy (non-hydrogen) atoms. The summed E-state index contributed by atoms with van der Waals surface area (Å²) in [6, 6.07) is 11.5. The van der Waals surface area contributed by atoms with Crippen molar-refractivity contribution in [3.63, 3.8) is 0 Å². The van der Waals surface area contributed by atoms with Crippen molar-refractivity contribution in [1.82, 2.24) is 4.98 Å². The number of rotatable bonds is 4. The van der Waals surface area contributed by atoms with Gasteiger partial charge in [0.2, 0.25) is 5.88 Å². The molecule has 0 atom stereocenters. The molecule has 0 aliphatic heterocycles. The summed E-state index contributed by atoms with van der Waals surface area (Å²) in [5.41, 5.74) is 0.771. The van der Waals surface area contributed by atoms with Crippen LogP contribution in [-0.4, -0.2) is 16.1 Å². The number of aromatic carboxylic acids is 1. The molecule has 0 spiro atoms. The highest BCUT2D eigenvalue weighted by Crippen LogP contribution is 2.25. The number of hydrogen-bond acceptors (Lipinski definition) is 4. The minimum absolute atomic E-state index is 0.0713. The Morgan fingerprint density at radius 2 is 2.00 bits per heavy atom. The molecule has 6 heteroatoms. The molecular weight excluding hydrogens is 280 g/mol. The van der Waals surface area contributed by atoms with Crippen LogP contribution in [0.1, 0.15) is 15.9 Å². The molecule has 0 aliphatic carbocycles. The Labute approximate surface area is 120 Å². The average Bonchev–Trinajstić information content (AvgIpc) is 2.41. The number of pyridine rings is 1. The molecule has 0 unspecified atom stereocenters. The third-order valence-corrected chi connectivity index (χ3v) is 2.69. The molecule has 0 saturated carbocycles. The summed E-state index contributed by atoms with van der Waals surface area (Å²) < 4.78 is 5.43. The van der Waals surface area contributed by atoms with Crippen LogP contribution in [0, 0.1) is 11.3 Å². The summed E-state index contributed by atoms with van der Waals surface area (Å²) in [6.07, 6.45) is 0.302. The third-order valence-electron chi connectivity index (χ3n) is 2.48. The molecule has 100 valence electrons. The summed E-state index contributed by atoms with van der Waals surface area (Å²) in [6.45, 7) is 0. The van der Waals surface area contributed by atoms with Crippen molar-refractivity contribution in [2.45, 2.75) is 6.42 Å². The van der Waals surface area contributed by atoms with E-state index in [4.69, 9.17) is 26.7 Å². The average molecular weight is 289 g/mol. The topological polar surface area (TPSA) is 83.2 Å². The van der Waals surface area contributed by atoms with E-state index in [0.717, 1.165) is 5.56 Å². The molecule has 0 amide bonds. The lowest BCUT2D eigenvalue weighted by Gasteiger charge is -2.08. The number of benzene rings is 1. The zero-order valence-corrected chi connectivity index (χ0v) is 11.0. The maximum absolute atomic E-state index is 11.1. The predicted octanol–water partition coefficient (Wildman–Crippen LogP) is 3.29. The second kappa shape index (κ2) is 6.04. The number of nitrogens with zero attached hydrogens (tertiary/aromatic N) is 2. The van der Waals surface area contributed by atoms with Gasteiger partial charge in [-0.1, -0.05) is 23.7 Å². The van der Waals surface area contributed by atoms with Gasteiger partial charge in [-0.2, -0.15) is 5.26 Å². The fourth-order valence-electron chi connectivity index (χ4n) is 1.54. The van der Waals surface area contributed by atoms with E-state index in [1.165, 1.54) is 12.1 Å². The maximum Gasteiger partial charge on any atom is 0.341 e. The minimum atomic E-state index is -1.15. The Morgan fingerprint density at radius 1 is 1.30 bits per heavy atom. The Kier molecular flexibility index (Phi) is 4.18. The molecule has 0 bridgehead atoms. The SMILES string of the molecule is N#CCc1ccc(Oc2nc(Cl)ccc2C(=O)O)cc1. The first-order chi connectivity index (χ1) is 9.60. The number of nitriles is 1. The number of aromatic nitrogens is 1. The van der Waals surface area contributed by atoms with Gasteiger partial charge in [0.15, 0.2) is 0 Å². The smallest absolute Gasteiger partial charge is 0.341 e. The highest BCUT2D eigenvalue weighted by molar-refractivity contribution is 6.29. The van der Waals surface area contributed by atoms with Gasteiger partial charge in [0.05, 0.1) is 12.5 Å². The van der Waals surface area contributed by atoms with Crippen molar-refractivity contribution < 1.29 is 14.6 Å². The van der Waals surface area contributed by atoms with Crippen LogP contribution in [0.2, 0.25) is 5.15 Å². The molecule has 2 aromatic rings. The van der Waals surface area contributed by atoms with E-state index in [2.05, 4.69) is 4.98 Å². The fraction of sp³-hybridized carbons (Fsp3) is 0.0714. The summed E-state index contributed by atoms with van der Waals surface area (Å²) >= 11 is 5.73. The molecule has 0 saturated heterocycles. The second-order valence-electron chi connectivity index (χ2n) is 3.87. The van der Waals surface area contributed by atoms with Crippen LogP contribution in [0.15, 0.2) is 36.4 Å². The molecule has 1 aromatic heterocycles. The molecule has 5 nitrogen and oxygen atoms in total. The van der Waals surface area contributed by atoms with Crippen molar-refractivity contribution in [2.24, 2.45) is 0 Å². The quantitative estimate of drug-likeness (QED) is 0.873. The van der Waals surface area contributed by atoms with E-state index in [1.807, 2.05) is 6.07 Å². The predicted molar refractivity (Wildman–Crippen MR) is 72.0 cm³/mol. The summed E-state index contributed by atoms with van der Waals surface area (Å²) in [5, 5.41) is 17.8. The number of ether oxygens (including phenoxy) is 1. The maximum atomic E-state index is 11.1. The van der Waals surface area contributed by atoms with Crippen LogP contribution in [-0.2, 0) is 6.42 Å². The van der Waals surface area contributed by atoms with Gasteiger partial charge in [0, 0.05) is 0 Å². The van der Waals surface area contributed by atoms with E-state index in [-0.39, 0.29) is 16.6 Å². The molecular formula is C14H9ClN2O3. The van der Waals surface area contributed by atoms with E-state index < -0.39 is 5.97 Å². The van der Waals surface area contributed by atoms with Crippen molar-refractivity contribution in [3.05, 3.63) is 52.7 Å². The van der Waals surface area contributed by atoms with Crippen LogP contribution in [0.4, 0.5) is 0 Å². The Morgan fingerprint density at radius 3 is 2.60 bits per heavy atom. The molecule has 0 radical (unpaired) electrons. The minimum Gasteiger partial charge on any atom is -0.477 e. The monoisotopic (exact) mass is 288 g/mol. The van der Waals surface area contributed by atoms with Crippen molar-refractivity contribution in [1.29, 1.82) is 5.26 Å². The molecule has 0 aliphatic rings. The van der Waals surface area contributed by atoms with Crippen LogP contribution in [0.3, 0.4) is 0 Å². The standard InChI is InChI=1S/C14H9ClN2O3/c15-12-6-5-11(14(18)19)13(17-12)20-10-3-1-9(2-4-10)7-8-16/h1-6H,7H2,(H,18,19). The zero-order chi connectivity index (χ0) is 14.5. The van der Waals surface area contributed by atoms with Gasteiger partial charge < -0.3 is 9.84 Å². The summed E-state index contributed by atoms with van der Waals surface area (Å²) in [5.74, 6) is -0.799. The highest BCUT2D eigenvalue weighted by atomic mass is 35.5. The van der Waals surface area contributed by atoms with Gasteiger partial charge in [-0.3, -0.25) is 0 Å². The van der Waals surface area contributed by atoms with Gasteiger partial charge in [0.25, 0.3) is 0 Å². The van der Waals surface area contributed by atoms with E-state index >= 15 is 0 Å². The number of halogens is 1. The Hall–Kier alpha value is -2.58. The second-order valence-corrected chi connectivity index (χ2v) is 4.26. The largest absolute Gasteiger partial charge is 0.477 e. The summed E-state index contributed by atoms with van der Waals surface area (Å²) in [7, 11) is 0. The molecule has 2 rings (SSSR count). The highest BCUT2D eigenvalue weighted by Gasteiger charge is 2.14. The first-order valence-electron chi connectivity index (χ1n) is 5.63. The zero-order valence-electron chi connectivity index (χ0n) is 10.2. The fourth-order valence-corrected chi connectivity index (χ4v) is 1.68. The molecule has 1 aromatic carbocycles. The van der Waals surface area contributed by atoms with Gasteiger partial charge in [-0.25, -0.2) is 9.78 Å². The number of carboxylic acids is 1. The molecule has 1 heterocycles. The van der Waals surface area contributed by atoms with Gasteiger partial charge in [-0.05, 0) is 29.8 Å². The van der Waals surface area contributed by atoms with Crippen LogP contribution < -0.4 is 4.74 Å². The van der Waals surface area contributed by atoms with Crippen LogP contribution in [0.5, 0.6) is 11.6 Å². The van der Waals surface area contributed by atoms with Crippen LogP contribution >= 0.6 is 11.6 Å². The number of carbonyl (C=O) groups is 1. The Balaban J connectivity index is 2.27. The third kappa shape index (κ3) is 3.25. The van der Waals surface area contributed by atoms with Crippen molar-refractivity contribution in [2.75, 3.05) is 0 Å². The normalized spacial score (nSPS) is 9.80. The van der Waals surface area contributed by atoms with Gasteiger partial charge in [0.1, 0.15) is 16.5 Å².